The van der Waals surface area contributed by atoms with E-state index in [4.69, 9.17) is 4.74 Å². The van der Waals surface area contributed by atoms with Crippen LogP contribution in [0.25, 0.3) is 0 Å². The summed E-state index contributed by atoms with van der Waals surface area (Å²) in [5.74, 6) is -0.00800. The van der Waals surface area contributed by atoms with Gasteiger partial charge in [-0.1, -0.05) is 36.9 Å². The maximum absolute atomic E-state index is 11.5. The Morgan fingerprint density at radius 1 is 1.47 bits per heavy atom. The molecular formula is C14H17NO2. The van der Waals surface area contributed by atoms with E-state index < -0.39 is 0 Å². The first kappa shape index (κ1) is 11.9. The monoisotopic (exact) mass is 231 g/mol. The van der Waals surface area contributed by atoms with Gasteiger partial charge in [0, 0.05) is 19.5 Å². The summed E-state index contributed by atoms with van der Waals surface area (Å²) < 4.78 is 5.68. The Labute approximate surface area is 102 Å². The van der Waals surface area contributed by atoms with Crippen LogP contribution >= 0.6 is 0 Å². The van der Waals surface area contributed by atoms with Crippen molar-refractivity contribution in [2.75, 3.05) is 19.7 Å². The number of rotatable bonds is 3. The van der Waals surface area contributed by atoms with E-state index in [1.54, 1.807) is 4.90 Å². The standard InChI is InChI=1S/C14H17NO2/c1-2-14(16)15-8-9-17-13(11-15)10-12-6-4-3-5-7-12/h2-7,13H,1,8-11H2. The maximum Gasteiger partial charge on any atom is 0.246 e. The van der Waals surface area contributed by atoms with Crippen molar-refractivity contribution in [2.45, 2.75) is 12.5 Å². The second-order valence-electron chi connectivity index (χ2n) is 4.17. The molecule has 1 atom stereocenters. The van der Waals surface area contributed by atoms with Crippen LogP contribution in [-0.4, -0.2) is 36.6 Å². The van der Waals surface area contributed by atoms with Crippen molar-refractivity contribution in [1.29, 1.82) is 0 Å². The molecular weight excluding hydrogens is 214 g/mol. The minimum atomic E-state index is -0.00800. The van der Waals surface area contributed by atoms with E-state index in [-0.39, 0.29) is 12.0 Å². The molecule has 1 aliphatic heterocycles. The van der Waals surface area contributed by atoms with Gasteiger partial charge in [-0.2, -0.15) is 0 Å². The topological polar surface area (TPSA) is 29.5 Å². The molecule has 1 aliphatic rings. The van der Waals surface area contributed by atoms with E-state index in [0.29, 0.717) is 19.7 Å². The Morgan fingerprint density at radius 3 is 2.94 bits per heavy atom. The van der Waals surface area contributed by atoms with Crippen LogP contribution in [0.4, 0.5) is 0 Å². The third-order valence-electron chi connectivity index (χ3n) is 2.93. The SMILES string of the molecule is C=CC(=O)N1CCOC(Cc2ccccc2)C1. The third-order valence-corrected chi connectivity index (χ3v) is 2.93. The first-order valence-corrected chi connectivity index (χ1v) is 5.86. The van der Waals surface area contributed by atoms with Gasteiger partial charge in [0.1, 0.15) is 0 Å². The zero-order chi connectivity index (χ0) is 12.1. The first-order valence-electron chi connectivity index (χ1n) is 5.86. The second-order valence-corrected chi connectivity index (χ2v) is 4.17. The predicted octanol–water partition coefficient (Wildman–Crippen LogP) is 1.64. The molecule has 90 valence electrons. The Morgan fingerprint density at radius 2 is 2.24 bits per heavy atom. The van der Waals surface area contributed by atoms with E-state index in [9.17, 15) is 4.79 Å². The van der Waals surface area contributed by atoms with Crippen molar-refractivity contribution in [3.8, 4) is 0 Å². The second kappa shape index (κ2) is 5.64. The number of morpholine rings is 1. The highest BCUT2D eigenvalue weighted by molar-refractivity contribution is 5.87. The minimum Gasteiger partial charge on any atom is -0.374 e. The van der Waals surface area contributed by atoms with Crippen molar-refractivity contribution < 1.29 is 9.53 Å². The van der Waals surface area contributed by atoms with Crippen LogP contribution in [0.2, 0.25) is 0 Å². The van der Waals surface area contributed by atoms with E-state index in [2.05, 4.69) is 18.7 Å². The molecule has 1 fully saturated rings. The quantitative estimate of drug-likeness (QED) is 0.740. The van der Waals surface area contributed by atoms with Crippen molar-refractivity contribution in [2.24, 2.45) is 0 Å². The summed E-state index contributed by atoms with van der Waals surface area (Å²) in [5.41, 5.74) is 1.24. The lowest BCUT2D eigenvalue weighted by atomic mass is 10.1. The highest BCUT2D eigenvalue weighted by Gasteiger charge is 2.22. The predicted molar refractivity (Wildman–Crippen MR) is 66.7 cm³/mol. The normalized spacial score (nSPS) is 20.0. The molecule has 0 radical (unpaired) electrons. The summed E-state index contributed by atoms with van der Waals surface area (Å²) in [4.78, 5) is 13.3. The molecule has 0 aliphatic carbocycles. The van der Waals surface area contributed by atoms with Crippen molar-refractivity contribution >= 4 is 5.91 Å². The summed E-state index contributed by atoms with van der Waals surface area (Å²) in [7, 11) is 0. The van der Waals surface area contributed by atoms with Gasteiger partial charge < -0.3 is 9.64 Å². The molecule has 3 nitrogen and oxygen atoms in total. The van der Waals surface area contributed by atoms with Gasteiger partial charge in [-0.25, -0.2) is 0 Å². The van der Waals surface area contributed by atoms with Gasteiger partial charge in [0.2, 0.25) is 5.91 Å². The fourth-order valence-electron chi connectivity index (χ4n) is 2.05. The summed E-state index contributed by atoms with van der Waals surface area (Å²) in [6.45, 7) is 5.44. The lowest BCUT2D eigenvalue weighted by molar-refractivity contribution is -0.133. The number of ether oxygens (including phenoxy) is 1. The molecule has 2 rings (SSSR count). The highest BCUT2D eigenvalue weighted by atomic mass is 16.5. The van der Waals surface area contributed by atoms with Crippen molar-refractivity contribution in [3.63, 3.8) is 0 Å². The number of nitrogens with zero attached hydrogens (tertiary/aromatic N) is 1. The lowest BCUT2D eigenvalue weighted by Crippen LogP contribution is -2.45. The van der Waals surface area contributed by atoms with Gasteiger partial charge in [-0.15, -0.1) is 0 Å². The molecule has 17 heavy (non-hydrogen) atoms. The largest absolute Gasteiger partial charge is 0.374 e. The van der Waals surface area contributed by atoms with Crippen LogP contribution in [0, 0.1) is 0 Å². The maximum atomic E-state index is 11.5. The van der Waals surface area contributed by atoms with Crippen LogP contribution in [-0.2, 0) is 16.0 Å². The van der Waals surface area contributed by atoms with Crippen LogP contribution in [0.5, 0.6) is 0 Å². The van der Waals surface area contributed by atoms with Crippen LogP contribution in [0.15, 0.2) is 43.0 Å². The minimum absolute atomic E-state index is 0.00800. The number of amides is 1. The number of carbonyl (C=O) groups excluding carboxylic acids is 1. The molecule has 1 aromatic carbocycles. The zero-order valence-electron chi connectivity index (χ0n) is 9.84. The number of hydrogen-bond donors (Lipinski definition) is 0. The highest BCUT2D eigenvalue weighted by Crippen LogP contribution is 2.11. The molecule has 3 heteroatoms. The molecule has 1 saturated heterocycles. The first-order chi connectivity index (χ1) is 8.29. The Kier molecular flexibility index (Phi) is 3.94. The average molecular weight is 231 g/mol. The fraction of sp³-hybridized carbons (Fsp3) is 0.357. The molecule has 1 aromatic rings. The van der Waals surface area contributed by atoms with E-state index in [0.717, 1.165) is 6.42 Å². The Bertz CT molecular complexity index is 388. The molecule has 1 heterocycles. The van der Waals surface area contributed by atoms with Crippen LogP contribution in [0.1, 0.15) is 5.56 Å². The molecule has 0 spiro atoms. The number of carbonyl (C=O) groups is 1. The van der Waals surface area contributed by atoms with Gasteiger partial charge >= 0.3 is 0 Å². The molecule has 0 N–H and O–H groups in total. The van der Waals surface area contributed by atoms with Gasteiger partial charge in [0.15, 0.2) is 0 Å². The molecule has 0 aromatic heterocycles. The van der Waals surface area contributed by atoms with Crippen molar-refractivity contribution in [1.82, 2.24) is 4.90 Å². The van der Waals surface area contributed by atoms with Gasteiger partial charge in [-0.3, -0.25) is 4.79 Å². The van der Waals surface area contributed by atoms with Crippen molar-refractivity contribution in [3.05, 3.63) is 48.6 Å². The van der Waals surface area contributed by atoms with Gasteiger partial charge in [0.25, 0.3) is 0 Å². The summed E-state index contributed by atoms with van der Waals surface area (Å²) in [6.07, 6.45) is 2.31. The summed E-state index contributed by atoms with van der Waals surface area (Å²) in [6, 6.07) is 10.2. The molecule has 1 amide bonds. The molecule has 0 bridgehead atoms. The van der Waals surface area contributed by atoms with E-state index >= 15 is 0 Å². The lowest BCUT2D eigenvalue weighted by Gasteiger charge is -2.32. The molecule has 1 unspecified atom stereocenters. The van der Waals surface area contributed by atoms with Crippen LogP contribution < -0.4 is 0 Å². The Balaban J connectivity index is 1.94. The smallest absolute Gasteiger partial charge is 0.246 e. The number of benzene rings is 1. The fourth-order valence-corrected chi connectivity index (χ4v) is 2.05. The Hall–Kier alpha value is -1.61. The molecule has 0 saturated carbocycles. The van der Waals surface area contributed by atoms with E-state index in [1.807, 2.05) is 18.2 Å². The van der Waals surface area contributed by atoms with Gasteiger partial charge in [0.05, 0.1) is 12.7 Å². The number of hydrogen-bond acceptors (Lipinski definition) is 2. The van der Waals surface area contributed by atoms with Gasteiger partial charge in [-0.05, 0) is 11.6 Å². The summed E-state index contributed by atoms with van der Waals surface area (Å²) >= 11 is 0. The third kappa shape index (κ3) is 3.17. The van der Waals surface area contributed by atoms with E-state index in [1.165, 1.54) is 11.6 Å². The average Bonchev–Trinajstić information content (AvgIpc) is 2.39. The zero-order valence-corrected chi connectivity index (χ0v) is 9.84. The summed E-state index contributed by atoms with van der Waals surface area (Å²) in [5, 5.41) is 0. The van der Waals surface area contributed by atoms with Crippen LogP contribution in [0.3, 0.4) is 0 Å².